The Hall–Kier alpha value is -2.28. The average molecular weight is 331 g/mol. The summed E-state index contributed by atoms with van der Waals surface area (Å²) in [5.41, 5.74) is 0.688. The fraction of sp³-hybridized carbons (Fsp3) is 0.471. The maximum atomic E-state index is 13.1. The molecule has 1 aliphatic rings. The Bertz CT molecular complexity index is 704. The summed E-state index contributed by atoms with van der Waals surface area (Å²) in [6, 6.07) is 5.97. The van der Waals surface area contributed by atoms with Crippen LogP contribution in [0.4, 0.5) is 4.39 Å². The summed E-state index contributed by atoms with van der Waals surface area (Å²) >= 11 is 0. The average Bonchev–Trinajstić information content (AvgIpc) is 2.98. The fourth-order valence-corrected chi connectivity index (χ4v) is 2.94. The third-order valence-electron chi connectivity index (χ3n) is 4.23. The number of rotatable bonds is 4. The Balaban J connectivity index is 1.73. The topological polar surface area (TPSA) is 54.3 Å². The molecule has 1 saturated heterocycles. The van der Waals surface area contributed by atoms with Crippen LogP contribution in [0.1, 0.15) is 29.8 Å². The van der Waals surface area contributed by atoms with E-state index in [-0.39, 0.29) is 17.5 Å². The van der Waals surface area contributed by atoms with Gasteiger partial charge in [0.1, 0.15) is 11.6 Å². The third kappa shape index (κ3) is 3.46. The number of carbonyl (C=O) groups excluding carboxylic acids is 1. The SMILES string of the molecule is CCCN1CCN(C(=O)c2nc(C)n(-c3ccc(F)cc3)n2)CC1. The zero-order chi connectivity index (χ0) is 17.1. The highest BCUT2D eigenvalue weighted by atomic mass is 19.1. The van der Waals surface area contributed by atoms with Crippen LogP contribution in [0, 0.1) is 12.7 Å². The molecule has 1 amide bonds. The highest BCUT2D eigenvalue weighted by molar-refractivity contribution is 5.90. The van der Waals surface area contributed by atoms with Gasteiger partial charge in [-0.15, -0.1) is 5.10 Å². The van der Waals surface area contributed by atoms with Crippen molar-refractivity contribution in [1.82, 2.24) is 24.6 Å². The van der Waals surface area contributed by atoms with E-state index in [1.54, 1.807) is 28.6 Å². The molecule has 0 bridgehead atoms. The molecule has 0 atom stereocenters. The molecule has 128 valence electrons. The van der Waals surface area contributed by atoms with E-state index >= 15 is 0 Å². The molecule has 0 spiro atoms. The summed E-state index contributed by atoms with van der Waals surface area (Å²) in [6.45, 7) is 8.18. The molecule has 0 saturated carbocycles. The molecular weight excluding hydrogens is 309 g/mol. The van der Waals surface area contributed by atoms with Crippen LogP contribution in [-0.4, -0.2) is 63.2 Å². The second-order valence-corrected chi connectivity index (χ2v) is 6.00. The largest absolute Gasteiger partial charge is 0.333 e. The third-order valence-corrected chi connectivity index (χ3v) is 4.23. The van der Waals surface area contributed by atoms with Gasteiger partial charge in [-0.25, -0.2) is 14.1 Å². The van der Waals surface area contributed by atoms with Gasteiger partial charge in [-0.2, -0.15) is 0 Å². The minimum Gasteiger partial charge on any atom is -0.333 e. The molecule has 6 nitrogen and oxygen atoms in total. The lowest BCUT2D eigenvalue weighted by atomic mass is 10.3. The van der Waals surface area contributed by atoms with Gasteiger partial charge in [0.2, 0.25) is 5.82 Å². The van der Waals surface area contributed by atoms with Crippen LogP contribution >= 0.6 is 0 Å². The number of hydrogen-bond donors (Lipinski definition) is 0. The van der Waals surface area contributed by atoms with E-state index in [1.807, 2.05) is 0 Å². The minimum atomic E-state index is -0.308. The predicted molar refractivity (Wildman–Crippen MR) is 88.7 cm³/mol. The summed E-state index contributed by atoms with van der Waals surface area (Å²) in [5, 5.41) is 4.32. The number of hydrogen-bond acceptors (Lipinski definition) is 4. The van der Waals surface area contributed by atoms with Crippen LogP contribution in [0.25, 0.3) is 5.69 Å². The molecule has 0 unspecified atom stereocenters. The molecule has 2 aromatic rings. The van der Waals surface area contributed by atoms with Gasteiger partial charge in [-0.05, 0) is 44.2 Å². The van der Waals surface area contributed by atoms with E-state index in [2.05, 4.69) is 21.9 Å². The number of nitrogens with zero attached hydrogens (tertiary/aromatic N) is 5. The van der Waals surface area contributed by atoms with Crippen molar-refractivity contribution in [2.75, 3.05) is 32.7 Å². The highest BCUT2D eigenvalue weighted by Crippen LogP contribution is 2.12. The van der Waals surface area contributed by atoms with Crippen molar-refractivity contribution < 1.29 is 9.18 Å². The first-order chi connectivity index (χ1) is 11.6. The van der Waals surface area contributed by atoms with E-state index in [0.29, 0.717) is 24.6 Å². The molecule has 1 aliphatic heterocycles. The van der Waals surface area contributed by atoms with Crippen molar-refractivity contribution in [3.8, 4) is 5.69 Å². The minimum absolute atomic E-state index is 0.143. The smallest absolute Gasteiger partial charge is 0.293 e. The van der Waals surface area contributed by atoms with Gasteiger partial charge in [-0.3, -0.25) is 9.69 Å². The van der Waals surface area contributed by atoms with Crippen molar-refractivity contribution in [2.45, 2.75) is 20.3 Å². The first kappa shape index (κ1) is 16.6. The summed E-state index contributed by atoms with van der Waals surface area (Å²) in [6.07, 6.45) is 1.12. The monoisotopic (exact) mass is 331 g/mol. The number of aryl methyl sites for hydroxylation is 1. The van der Waals surface area contributed by atoms with Crippen LogP contribution in [0.3, 0.4) is 0 Å². The maximum Gasteiger partial charge on any atom is 0.293 e. The molecule has 0 radical (unpaired) electrons. The Kier molecular flexibility index (Phi) is 4.89. The second-order valence-electron chi connectivity index (χ2n) is 6.00. The van der Waals surface area contributed by atoms with Gasteiger partial charge in [0, 0.05) is 26.2 Å². The molecule has 2 heterocycles. The van der Waals surface area contributed by atoms with Crippen LogP contribution in [0.15, 0.2) is 24.3 Å². The van der Waals surface area contributed by atoms with E-state index in [0.717, 1.165) is 26.1 Å². The summed E-state index contributed by atoms with van der Waals surface area (Å²) in [5.74, 6) is 0.350. The van der Waals surface area contributed by atoms with Crippen LogP contribution in [0.2, 0.25) is 0 Å². The molecule has 3 rings (SSSR count). The molecule has 24 heavy (non-hydrogen) atoms. The van der Waals surface area contributed by atoms with Crippen molar-refractivity contribution in [1.29, 1.82) is 0 Å². The molecule has 1 aromatic heterocycles. The molecule has 7 heteroatoms. The number of amides is 1. The van der Waals surface area contributed by atoms with Crippen LogP contribution in [-0.2, 0) is 0 Å². The lowest BCUT2D eigenvalue weighted by Crippen LogP contribution is -2.49. The van der Waals surface area contributed by atoms with Gasteiger partial charge in [-0.1, -0.05) is 6.92 Å². The van der Waals surface area contributed by atoms with Crippen molar-refractivity contribution >= 4 is 5.91 Å². The van der Waals surface area contributed by atoms with E-state index in [1.165, 1.54) is 12.1 Å². The van der Waals surface area contributed by atoms with Crippen molar-refractivity contribution in [2.24, 2.45) is 0 Å². The van der Waals surface area contributed by atoms with Crippen LogP contribution in [0.5, 0.6) is 0 Å². The lowest BCUT2D eigenvalue weighted by molar-refractivity contribution is 0.0625. The number of aromatic nitrogens is 3. The van der Waals surface area contributed by atoms with Crippen LogP contribution < -0.4 is 0 Å². The molecule has 1 aromatic carbocycles. The maximum absolute atomic E-state index is 13.1. The molecule has 1 fully saturated rings. The molecule has 0 N–H and O–H groups in total. The van der Waals surface area contributed by atoms with Crippen molar-refractivity contribution in [3.63, 3.8) is 0 Å². The highest BCUT2D eigenvalue weighted by Gasteiger charge is 2.25. The Morgan fingerprint density at radius 3 is 2.46 bits per heavy atom. The predicted octanol–water partition coefficient (Wildman–Crippen LogP) is 1.88. The van der Waals surface area contributed by atoms with Crippen molar-refractivity contribution in [3.05, 3.63) is 41.7 Å². The first-order valence-electron chi connectivity index (χ1n) is 8.29. The van der Waals surface area contributed by atoms with Gasteiger partial charge in [0.15, 0.2) is 0 Å². The number of piperazine rings is 1. The van der Waals surface area contributed by atoms with Gasteiger partial charge < -0.3 is 4.90 Å². The van der Waals surface area contributed by atoms with E-state index < -0.39 is 0 Å². The Labute approximate surface area is 140 Å². The van der Waals surface area contributed by atoms with E-state index in [4.69, 9.17) is 0 Å². The summed E-state index contributed by atoms with van der Waals surface area (Å²) in [7, 11) is 0. The normalized spacial score (nSPS) is 15.7. The van der Waals surface area contributed by atoms with Gasteiger partial charge in [0.25, 0.3) is 5.91 Å². The molecular formula is C17H22FN5O. The Morgan fingerprint density at radius 2 is 1.83 bits per heavy atom. The van der Waals surface area contributed by atoms with Gasteiger partial charge in [0.05, 0.1) is 5.69 Å². The van der Waals surface area contributed by atoms with Gasteiger partial charge >= 0.3 is 0 Å². The quantitative estimate of drug-likeness (QED) is 0.858. The fourth-order valence-electron chi connectivity index (χ4n) is 2.94. The summed E-state index contributed by atoms with van der Waals surface area (Å²) < 4.78 is 14.6. The second kappa shape index (κ2) is 7.09. The number of benzene rings is 1. The molecule has 0 aliphatic carbocycles. The zero-order valence-corrected chi connectivity index (χ0v) is 14.1. The lowest BCUT2D eigenvalue weighted by Gasteiger charge is -2.33. The Morgan fingerprint density at radius 1 is 1.17 bits per heavy atom. The standard InChI is InChI=1S/C17H22FN5O/c1-3-8-21-9-11-22(12-10-21)17(24)16-19-13(2)23(20-16)15-6-4-14(18)5-7-15/h4-7H,3,8-12H2,1-2H3. The zero-order valence-electron chi connectivity index (χ0n) is 14.1. The summed E-state index contributed by atoms with van der Waals surface area (Å²) in [4.78, 5) is 21.1. The first-order valence-corrected chi connectivity index (χ1v) is 8.29. The van der Waals surface area contributed by atoms with E-state index in [9.17, 15) is 9.18 Å². The number of carbonyl (C=O) groups is 1. The number of halogens is 1.